The first kappa shape index (κ1) is 20.8. The Labute approximate surface area is 205 Å². The Morgan fingerprint density at radius 3 is 1.39 bits per heavy atom. The van der Waals surface area contributed by atoms with Crippen LogP contribution in [0.4, 0.5) is 0 Å². The molecule has 3 aromatic carbocycles. The first-order valence-corrected chi connectivity index (χ1v) is 11.2. The van der Waals surface area contributed by atoms with Gasteiger partial charge in [-0.05, 0) is 36.4 Å². The Morgan fingerprint density at radius 2 is 1.00 bits per heavy atom. The summed E-state index contributed by atoms with van der Waals surface area (Å²) in [5.41, 5.74) is -5.28. The van der Waals surface area contributed by atoms with Gasteiger partial charge in [-0.3, -0.25) is 30.0 Å². The van der Waals surface area contributed by atoms with Gasteiger partial charge in [0.25, 0.3) is 11.1 Å². The van der Waals surface area contributed by atoms with Crippen molar-refractivity contribution in [3.05, 3.63) is 98.6 Å². The number of hydrogen-bond acceptors (Lipinski definition) is 8. The van der Waals surface area contributed by atoms with Crippen LogP contribution in [0.2, 0.25) is 10.0 Å². The molecule has 2 N–H and O–H groups in total. The molecule has 0 spiro atoms. The van der Waals surface area contributed by atoms with Crippen LogP contribution < -0.4 is 33.0 Å². The minimum Gasteiger partial charge on any atom is -0.287 e. The van der Waals surface area contributed by atoms with E-state index in [1.165, 1.54) is 24.3 Å². The summed E-state index contributed by atoms with van der Waals surface area (Å²) >= 11 is 12.2. The van der Waals surface area contributed by atoms with Gasteiger partial charge in [0.05, 0.1) is 0 Å². The Bertz CT molecular complexity index is 2350. The molecule has 0 atom stereocenters. The van der Waals surface area contributed by atoms with Crippen LogP contribution in [-0.2, 0) is 0 Å². The molecule has 0 bridgehead atoms. The summed E-state index contributed by atoms with van der Waals surface area (Å²) in [7, 11) is 0. The molecule has 0 unspecified atom stereocenters. The van der Waals surface area contributed by atoms with Crippen LogP contribution in [-0.4, -0.2) is 18.8 Å². The second-order valence-corrected chi connectivity index (χ2v) is 9.21. The van der Waals surface area contributed by atoms with Gasteiger partial charge in [-0.15, -0.1) is 0 Å². The van der Waals surface area contributed by atoms with Crippen molar-refractivity contribution in [2.45, 2.75) is 0 Å². The van der Waals surface area contributed by atoms with Crippen LogP contribution in [0.1, 0.15) is 0 Å². The fourth-order valence-electron chi connectivity index (χ4n) is 4.85. The minimum atomic E-state index is -0.961. The van der Waals surface area contributed by atoms with E-state index in [4.69, 9.17) is 34.0 Å². The molecule has 4 heterocycles. The third-order valence-electron chi connectivity index (χ3n) is 6.45. The van der Waals surface area contributed by atoms with E-state index >= 15 is 0 Å². The molecule has 0 saturated carbocycles. The number of nitrogens with one attached hydrogen (secondary N) is 2. The van der Waals surface area contributed by atoms with Gasteiger partial charge < -0.3 is 0 Å². The Hall–Kier alpha value is -4.54. The van der Waals surface area contributed by atoms with Crippen molar-refractivity contribution in [2.75, 3.05) is 0 Å². The first-order chi connectivity index (χ1) is 17.2. The van der Waals surface area contributed by atoms with Gasteiger partial charge in [0.2, 0.25) is 10.9 Å². The lowest BCUT2D eigenvalue weighted by molar-refractivity contribution is 0.990. The number of nitrogens with zero attached hydrogens (tertiary/aromatic N) is 4. The highest BCUT2D eigenvalue weighted by Crippen LogP contribution is 2.23. The fourth-order valence-corrected chi connectivity index (χ4v) is 5.19. The third kappa shape index (κ3) is 2.32. The van der Waals surface area contributed by atoms with Crippen LogP contribution in [0.25, 0.3) is 54.6 Å². The molecule has 0 fully saturated rings. The molecule has 36 heavy (non-hydrogen) atoms. The van der Waals surface area contributed by atoms with Crippen LogP contribution in [0.5, 0.6) is 0 Å². The monoisotopic (exact) mass is 514 g/mol. The lowest BCUT2D eigenvalue weighted by atomic mass is 10.1. The lowest BCUT2D eigenvalue weighted by Gasteiger charge is -2.02. The van der Waals surface area contributed by atoms with E-state index in [1.54, 1.807) is 12.1 Å². The summed E-state index contributed by atoms with van der Waals surface area (Å²) in [5, 5.41) is 17.8. The maximum atomic E-state index is 13.5. The van der Waals surface area contributed by atoms with E-state index in [2.05, 4.69) is 9.97 Å². The van der Waals surface area contributed by atoms with Gasteiger partial charge in [-0.25, -0.2) is 18.8 Å². The maximum Gasteiger partial charge on any atom is 0.271 e. The SMILES string of the molecule is N=c1c2ccc(Cl)cc2c2nc3c(=O)c4c(=O)n5c(=N)c6ccc(Cl)cc6c5nc4c(=O)c3c(=O)n12. The highest BCUT2D eigenvalue weighted by Gasteiger charge is 2.24. The largest absolute Gasteiger partial charge is 0.287 e. The fraction of sp³-hybridized carbons (Fsp3) is 0. The molecule has 4 aromatic heterocycles. The highest BCUT2D eigenvalue weighted by atomic mass is 35.5. The molecule has 12 heteroatoms. The van der Waals surface area contributed by atoms with Crippen molar-refractivity contribution in [1.82, 2.24) is 18.8 Å². The quantitative estimate of drug-likeness (QED) is 0.293. The second kappa shape index (κ2) is 6.56. The number of halogens is 2. The molecule has 7 rings (SSSR count). The van der Waals surface area contributed by atoms with Gasteiger partial charge in [0, 0.05) is 31.6 Å². The van der Waals surface area contributed by atoms with Gasteiger partial charge in [0.1, 0.15) is 44.1 Å². The number of hydrogen-bond donors (Lipinski definition) is 2. The van der Waals surface area contributed by atoms with Crippen molar-refractivity contribution < 1.29 is 0 Å². The van der Waals surface area contributed by atoms with Crippen LogP contribution in [0.15, 0.2) is 55.6 Å². The van der Waals surface area contributed by atoms with E-state index in [0.717, 1.165) is 8.80 Å². The smallest absolute Gasteiger partial charge is 0.271 e. The Kier molecular flexibility index (Phi) is 3.79. The predicted molar refractivity (Wildman–Crippen MR) is 134 cm³/mol. The normalized spacial score (nSPS) is 12.3. The average molecular weight is 515 g/mol. The Balaban J connectivity index is 1.81. The number of rotatable bonds is 0. The Morgan fingerprint density at radius 1 is 0.611 bits per heavy atom. The van der Waals surface area contributed by atoms with Crippen molar-refractivity contribution in [2.24, 2.45) is 0 Å². The summed E-state index contributed by atoms with van der Waals surface area (Å²) in [6.07, 6.45) is 0. The minimum absolute atomic E-state index is 0.0325. The summed E-state index contributed by atoms with van der Waals surface area (Å²) in [5.74, 6) is 0. The molecule has 7 aromatic rings. The lowest BCUT2D eigenvalue weighted by Crippen LogP contribution is -2.34. The maximum absolute atomic E-state index is 13.5. The van der Waals surface area contributed by atoms with Crippen LogP contribution in [0.3, 0.4) is 0 Å². The molecular weight excluding hydrogens is 507 g/mol. The predicted octanol–water partition coefficient (Wildman–Crippen LogP) is 1.61. The summed E-state index contributed by atoms with van der Waals surface area (Å²) in [6, 6.07) is 9.17. The van der Waals surface area contributed by atoms with Gasteiger partial charge >= 0.3 is 0 Å². The van der Waals surface area contributed by atoms with Gasteiger partial charge in [0.15, 0.2) is 0 Å². The molecule has 0 amide bonds. The summed E-state index contributed by atoms with van der Waals surface area (Å²) in [6.45, 7) is 0. The summed E-state index contributed by atoms with van der Waals surface area (Å²) < 4.78 is 1.86. The van der Waals surface area contributed by atoms with Crippen LogP contribution in [0, 0.1) is 10.8 Å². The molecule has 0 aliphatic rings. The van der Waals surface area contributed by atoms with Gasteiger partial charge in [-0.1, -0.05) is 23.2 Å². The zero-order valence-corrected chi connectivity index (χ0v) is 19.2. The molecule has 0 aliphatic heterocycles. The molecular formula is C24H8Cl2N6O4. The topological polar surface area (TPSA) is 151 Å². The van der Waals surface area contributed by atoms with Crippen molar-refractivity contribution in [3.8, 4) is 0 Å². The van der Waals surface area contributed by atoms with Crippen molar-refractivity contribution >= 4 is 77.8 Å². The molecule has 0 aliphatic carbocycles. The standard InChI is InChI=1S/C24H8Cl2N6O4/c25-7-1-3-9-11(5-7)21-29-15-13(23(35)31(21)19(9)27)17(33)16-14(18(15)34)24(36)32-20(28)10-4-2-8(26)6-12(10)22(32)30-16/h1-6,27-28H. The highest BCUT2D eigenvalue weighted by molar-refractivity contribution is 6.32. The van der Waals surface area contributed by atoms with E-state index in [1.807, 2.05) is 0 Å². The van der Waals surface area contributed by atoms with E-state index in [-0.39, 0.29) is 22.3 Å². The molecule has 0 saturated heterocycles. The zero-order valence-electron chi connectivity index (χ0n) is 17.6. The molecule has 172 valence electrons. The van der Waals surface area contributed by atoms with Gasteiger partial charge in [-0.2, -0.15) is 0 Å². The second-order valence-electron chi connectivity index (χ2n) is 8.33. The van der Waals surface area contributed by atoms with E-state index in [9.17, 15) is 19.2 Å². The molecule has 0 radical (unpaired) electrons. The molecule has 10 nitrogen and oxygen atoms in total. The van der Waals surface area contributed by atoms with E-state index in [0.29, 0.717) is 31.6 Å². The third-order valence-corrected chi connectivity index (χ3v) is 6.92. The number of benzene rings is 3. The number of fused-ring (bicyclic) bond motifs is 8. The summed E-state index contributed by atoms with van der Waals surface area (Å²) in [4.78, 5) is 62.5. The van der Waals surface area contributed by atoms with Crippen molar-refractivity contribution in [3.63, 3.8) is 0 Å². The van der Waals surface area contributed by atoms with E-state index < -0.39 is 43.8 Å². The number of aromatic nitrogens is 4. The van der Waals surface area contributed by atoms with Crippen molar-refractivity contribution in [1.29, 1.82) is 10.8 Å². The van der Waals surface area contributed by atoms with Crippen LogP contribution >= 0.6 is 23.2 Å². The average Bonchev–Trinajstić information content (AvgIpc) is 3.28. The zero-order chi connectivity index (χ0) is 25.2. The first-order valence-electron chi connectivity index (χ1n) is 10.4.